The summed E-state index contributed by atoms with van der Waals surface area (Å²) in [6, 6.07) is 15.0. The highest BCUT2D eigenvalue weighted by Gasteiger charge is 2.14. The van der Waals surface area contributed by atoms with Gasteiger partial charge in [0.25, 0.3) is 0 Å². The maximum Gasteiger partial charge on any atom is 0.250 e. The molecule has 6 heteroatoms. The molecular formula is C19H14ClN3O2. The molecule has 0 aliphatic heterocycles. The number of hydrogen-bond donors (Lipinski definition) is 0. The van der Waals surface area contributed by atoms with Crippen molar-refractivity contribution >= 4 is 22.5 Å². The first kappa shape index (κ1) is 15.6. The van der Waals surface area contributed by atoms with Gasteiger partial charge < -0.3 is 9.15 Å². The number of benzene rings is 2. The van der Waals surface area contributed by atoms with Crippen LogP contribution in [0.15, 0.2) is 52.9 Å². The van der Waals surface area contributed by atoms with Crippen LogP contribution in [0.5, 0.6) is 5.75 Å². The maximum absolute atomic E-state index is 5.91. The Bertz CT molecular complexity index is 1060. The number of halogens is 1. The Balaban J connectivity index is 1.77. The largest absolute Gasteiger partial charge is 0.497 e. The molecule has 124 valence electrons. The highest BCUT2D eigenvalue weighted by molar-refractivity contribution is 6.30. The van der Waals surface area contributed by atoms with Gasteiger partial charge in [0.1, 0.15) is 5.75 Å². The second-order valence-electron chi connectivity index (χ2n) is 5.60. The third-order valence-corrected chi connectivity index (χ3v) is 4.21. The summed E-state index contributed by atoms with van der Waals surface area (Å²) in [5.41, 5.74) is 3.30. The van der Waals surface area contributed by atoms with Crippen molar-refractivity contribution in [2.75, 3.05) is 7.11 Å². The molecule has 2 aromatic heterocycles. The number of methoxy groups -OCH3 is 1. The van der Waals surface area contributed by atoms with Gasteiger partial charge in [-0.15, -0.1) is 10.2 Å². The van der Waals surface area contributed by atoms with Gasteiger partial charge in [-0.3, -0.25) is 4.98 Å². The summed E-state index contributed by atoms with van der Waals surface area (Å²) in [4.78, 5) is 4.63. The zero-order valence-electron chi connectivity index (χ0n) is 13.7. The molecule has 2 aromatic carbocycles. The van der Waals surface area contributed by atoms with Crippen molar-refractivity contribution in [2.45, 2.75) is 6.92 Å². The molecular weight excluding hydrogens is 338 g/mol. The highest BCUT2D eigenvalue weighted by Crippen LogP contribution is 2.29. The van der Waals surface area contributed by atoms with Gasteiger partial charge in [0.2, 0.25) is 11.8 Å². The summed E-state index contributed by atoms with van der Waals surface area (Å²) in [6.45, 7) is 1.92. The van der Waals surface area contributed by atoms with E-state index in [1.54, 1.807) is 19.2 Å². The molecule has 4 rings (SSSR count). The predicted molar refractivity (Wildman–Crippen MR) is 96.8 cm³/mol. The standard InChI is InChI=1S/C19H14ClN3O2/c1-11-16(9-13-5-8-15(24-2)10-17(13)21-11)19-23-22-18(25-19)12-3-6-14(20)7-4-12/h3-10H,1-2H3. The Kier molecular flexibility index (Phi) is 3.86. The van der Waals surface area contributed by atoms with Crippen LogP contribution in [0, 0.1) is 6.92 Å². The van der Waals surface area contributed by atoms with Crippen molar-refractivity contribution in [3.63, 3.8) is 0 Å². The van der Waals surface area contributed by atoms with Crippen LogP contribution in [-0.2, 0) is 0 Å². The minimum atomic E-state index is 0.438. The quantitative estimate of drug-likeness (QED) is 0.524. The molecule has 0 atom stereocenters. The molecule has 0 fully saturated rings. The fourth-order valence-corrected chi connectivity index (χ4v) is 2.75. The van der Waals surface area contributed by atoms with Gasteiger partial charge in [0.05, 0.1) is 23.9 Å². The van der Waals surface area contributed by atoms with E-state index in [0.29, 0.717) is 16.8 Å². The van der Waals surface area contributed by atoms with Crippen molar-refractivity contribution in [3.05, 3.63) is 59.2 Å². The number of nitrogens with zero attached hydrogens (tertiary/aromatic N) is 3. The van der Waals surface area contributed by atoms with Gasteiger partial charge in [-0.2, -0.15) is 0 Å². The van der Waals surface area contributed by atoms with E-state index in [2.05, 4.69) is 15.2 Å². The first-order valence-corrected chi connectivity index (χ1v) is 8.07. The molecule has 4 aromatic rings. The van der Waals surface area contributed by atoms with Crippen LogP contribution in [0.3, 0.4) is 0 Å². The number of fused-ring (bicyclic) bond motifs is 1. The van der Waals surface area contributed by atoms with E-state index in [9.17, 15) is 0 Å². The van der Waals surface area contributed by atoms with Crippen LogP contribution in [0.1, 0.15) is 5.69 Å². The Hall–Kier alpha value is -2.92. The van der Waals surface area contributed by atoms with Gasteiger partial charge >= 0.3 is 0 Å². The van der Waals surface area contributed by atoms with Crippen molar-refractivity contribution in [1.29, 1.82) is 0 Å². The normalized spacial score (nSPS) is 11.0. The lowest BCUT2D eigenvalue weighted by atomic mass is 10.1. The van der Waals surface area contributed by atoms with E-state index in [1.165, 1.54) is 0 Å². The Labute approximate surface area is 149 Å². The molecule has 0 amide bonds. The van der Waals surface area contributed by atoms with Crippen molar-refractivity contribution in [3.8, 4) is 28.7 Å². The molecule has 0 unspecified atom stereocenters. The first-order valence-electron chi connectivity index (χ1n) is 7.69. The lowest BCUT2D eigenvalue weighted by Crippen LogP contribution is -1.91. The Morgan fingerprint density at radius 3 is 2.48 bits per heavy atom. The van der Waals surface area contributed by atoms with E-state index in [-0.39, 0.29) is 0 Å². The molecule has 0 aliphatic rings. The summed E-state index contributed by atoms with van der Waals surface area (Å²) in [5.74, 6) is 1.66. The van der Waals surface area contributed by atoms with Crippen molar-refractivity contribution in [1.82, 2.24) is 15.2 Å². The highest BCUT2D eigenvalue weighted by atomic mass is 35.5. The summed E-state index contributed by atoms with van der Waals surface area (Å²) in [7, 11) is 1.64. The summed E-state index contributed by atoms with van der Waals surface area (Å²) in [6.07, 6.45) is 0. The van der Waals surface area contributed by atoms with Gasteiger partial charge in [0.15, 0.2) is 0 Å². The Morgan fingerprint density at radius 2 is 1.72 bits per heavy atom. The van der Waals surface area contributed by atoms with Crippen LogP contribution >= 0.6 is 11.6 Å². The third-order valence-electron chi connectivity index (χ3n) is 3.96. The average molecular weight is 352 g/mol. The van der Waals surface area contributed by atoms with E-state index >= 15 is 0 Å². The molecule has 0 spiro atoms. The van der Waals surface area contributed by atoms with Crippen LogP contribution in [0.25, 0.3) is 33.8 Å². The molecule has 5 nitrogen and oxygen atoms in total. The lowest BCUT2D eigenvalue weighted by molar-refractivity contribution is 0.415. The zero-order valence-corrected chi connectivity index (χ0v) is 14.4. The second-order valence-corrected chi connectivity index (χ2v) is 6.04. The number of rotatable bonds is 3. The molecule has 2 heterocycles. The van der Waals surface area contributed by atoms with Gasteiger partial charge in [-0.25, -0.2) is 0 Å². The SMILES string of the molecule is COc1ccc2cc(-c3nnc(-c4ccc(Cl)cc4)o3)c(C)nc2c1. The predicted octanol–water partition coefficient (Wildman–Crippen LogP) is 4.92. The van der Waals surface area contributed by atoms with Crippen LogP contribution in [0.4, 0.5) is 0 Å². The van der Waals surface area contributed by atoms with Gasteiger partial charge in [-0.1, -0.05) is 11.6 Å². The average Bonchev–Trinajstić information content (AvgIpc) is 3.11. The summed E-state index contributed by atoms with van der Waals surface area (Å²) < 4.78 is 11.1. The van der Waals surface area contributed by atoms with E-state index in [4.69, 9.17) is 20.8 Å². The number of pyridine rings is 1. The van der Waals surface area contributed by atoms with E-state index in [1.807, 2.05) is 43.3 Å². The minimum Gasteiger partial charge on any atom is -0.497 e. The van der Waals surface area contributed by atoms with Crippen LogP contribution in [0.2, 0.25) is 5.02 Å². The minimum absolute atomic E-state index is 0.438. The smallest absolute Gasteiger partial charge is 0.250 e. The van der Waals surface area contributed by atoms with Gasteiger partial charge in [-0.05, 0) is 49.4 Å². The molecule has 0 N–H and O–H groups in total. The first-order chi connectivity index (χ1) is 12.1. The zero-order chi connectivity index (χ0) is 17.4. The lowest BCUT2D eigenvalue weighted by Gasteiger charge is -2.06. The summed E-state index contributed by atoms with van der Waals surface area (Å²) >= 11 is 5.91. The molecule has 0 saturated heterocycles. The van der Waals surface area contributed by atoms with E-state index in [0.717, 1.165) is 33.5 Å². The topological polar surface area (TPSA) is 61.0 Å². The number of aryl methyl sites for hydroxylation is 1. The molecule has 0 radical (unpaired) electrons. The Morgan fingerprint density at radius 1 is 0.960 bits per heavy atom. The third kappa shape index (κ3) is 2.94. The molecule has 0 aliphatic carbocycles. The number of ether oxygens (including phenoxy) is 1. The van der Waals surface area contributed by atoms with Crippen LogP contribution in [-0.4, -0.2) is 22.3 Å². The van der Waals surface area contributed by atoms with Gasteiger partial charge in [0, 0.05) is 22.0 Å². The van der Waals surface area contributed by atoms with E-state index < -0.39 is 0 Å². The number of aromatic nitrogens is 3. The van der Waals surface area contributed by atoms with Crippen molar-refractivity contribution < 1.29 is 9.15 Å². The second kappa shape index (κ2) is 6.18. The van der Waals surface area contributed by atoms with Crippen molar-refractivity contribution in [2.24, 2.45) is 0 Å². The monoisotopic (exact) mass is 351 g/mol. The molecule has 0 bridgehead atoms. The fraction of sp³-hybridized carbons (Fsp3) is 0.105. The number of hydrogen-bond acceptors (Lipinski definition) is 5. The van der Waals surface area contributed by atoms with Crippen LogP contribution < -0.4 is 4.74 Å². The fourth-order valence-electron chi connectivity index (χ4n) is 2.63. The summed E-state index contributed by atoms with van der Waals surface area (Å²) in [5, 5.41) is 9.95. The molecule has 0 saturated carbocycles. The maximum atomic E-state index is 5.91. The molecule has 25 heavy (non-hydrogen) atoms.